The van der Waals surface area contributed by atoms with Crippen molar-refractivity contribution in [3.8, 4) is 5.19 Å². The van der Waals surface area contributed by atoms with Crippen LogP contribution in [-0.2, 0) is 4.79 Å². The Hall–Kier alpha value is -1.10. The Kier molecular flexibility index (Phi) is 2.12. The Bertz CT molecular complexity index is 356. The van der Waals surface area contributed by atoms with Gasteiger partial charge in [-0.15, -0.1) is 0 Å². The molecule has 0 unspecified atom stereocenters. The Morgan fingerprint density at radius 3 is 2.93 bits per heavy atom. The molecule has 4 nitrogen and oxygen atoms in total. The molecule has 1 saturated carbocycles. The molecule has 0 spiro atoms. The summed E-state index contributed by atoms with van der Waals surface area (Å²) in [7, 11) is 0. The molecule has 0 atom stereocenters. The standard InChI is InChI=1S/C10H12N2O2S/c13-9(7-1-2-7)12-5-8(6-12)14-10-11-3-4-15-10/h3-4,7-8H,1-2,5-6H2. The van der Waals surface area contributed by atoms with Crippen molar-refractivity contribution in [3.63, 3.8) is 0 Å². The first-order valence-electron chi connectivity index (χ1n) is 5.18. The third kappa shape index (κ3) is 1.84. The Balaban J connectivity index is 1.47. The summed E-state index contributed by atoms with van der Waals surface area (Å²) in [6.07, 6.45) is 4.03. The predicted octanol–water partition coefficient (Wildman–Crippen LogP) is 1.14. The summed E-state index contributed by atoms with van der Waals surface area (Å²) in [6.45, 7) is 1.46. The molecule has 1 amide bonds. The van der Waals surface area contributed by atoms with E-state index in [1.54, 1.807) is 6.20 Å². The van der Waals surface area contributed by atoms with Gasteiger partial charge in [0.1, 0.15) is 6.10 Å². The molecular weight excluding hydrogens is 212 g/mol. The lowest BCUT2D eigenvalue weighted by molar-refractivity contribution is -0.141. The number of hydrogen-bond acceptors (Lipinski definition) is 4. The highest BCUT2D eigenvalue weighted by molar-refractivity contribution is 7.11. The number of ether oxygens (including phenoxy) is 1. The molecule has 5 heteroatoms. The van der Waals surface area contributed by atoms with Crippen molar-refractivity contribution < 1.29 is 9.53 Å². The highest BCUT2D eigenvalue weighted by Crippen LogP contribution is 2.33. The number of aromatic nitrogens is 1. The fourth-order valence-electron chi connectivity index (χ4n) is 1.69. The molecule has 1 aliphatic carbocycles. The summed E-state index contributed by atoms with van der Waals surface area (Å²) in [5.74, 6) is 0.639. The van der Waals surface area contributed by atoms with E-state index >= 15 is 0 Å². The first kappa shape index (κ1) is 9.15. The van der Waals surface area contributed by atoms with Crippen LogP contribution in [0.1, 0.15) is 12.8 Å². The van der Waals surface area contributed by atoms with E-state index in [0.29, 0.717) is 17.0 Å². The van der Waals surface area contributed by atoms with Gasteiger partial charge < -0.3 is 9.64 Å². The Morgan fingerprint density at radius 2 is 2.33 bits per heavy atom. The Labute approximate surface area is 91.9 Å². The largest absolute Gasteiger partial charge is 0.463 e. The van der Waals surface area contributed by atoms with Gasteiger partial charge in [-0.05, 0) is 12.8 Å². The number of likely N-dealkylation sites (tertiary alicyclic amines) is 1. The normalized spacial score (nSPS) is 21.2. The lowest BCUT2D eigenvalue weighted by atomic mass is 10.1. The van der Waals surface area contributed by atoms with Gasteiger partial charge in [-0.25, -0.2) is 4.98 Å². The van der Waals surface area contributed by atoms with Crippen LogP contribution in [0.25, 0.3) is 0 Å². The van der Waals surface area contributed by atoms with Crippen LogP contribution < -0.4 is 4.74 Å². The van der Waals surface area contributed by atoms with Gasteiger partial charge in [0.15, 0.2) is 0 Å². The maximum atomic E-state index is 11.6. The van der Waals surface area contributed by atoms with Gasteiger partial charge in [0.05, 0.1) is 13.1 Å². The number of amides is 1. The maximum absolute atomic E-state index is 11.6. The predicted molar refractivity (Wildman–Crippen MR) is 55.8 cm³/mol. The van der Waals surface area contributed by atoms with Crippen LogP contribution >= 0.6 is 11.3 Å². The molecule has 2 aliphatic rings. The minimum absolute atomic E-state index is 0.152. The van der Waals surface area contributed by atoms with Gasteiger partial charge in [-0.1, -0.05) is 11.3 Å². The highest BCUT2D eigenvalue weighted by Gasteiger charge is 2.40. The number of carbonyl (C=O) groups is 1. The third-order valence-corrected chi connectivity index (χ3v) is 3.42. The second-order valence-corrected chi connectivity index (χ2v) is 4.91. The van der Waals surface area contributed by atoms with Crippen molar-refractivity contribution >= 4 is 17.2 Å². The van der Waals surface area contributed by atoms with Gasteiger partial charge >= 0.3 is 0 Å². The van der Waals surface area contributed by atoms with Crippen molar-refractivity contribution in [1.29, 1.82) is 0 Å². The molecule has 1 saturated heterocycles. The Morgan fingerprint density at radius 1 is 1.53 bits per heavy atom. The van der Waals surface area contributed by atoms with Crippen LogP contribution in [0.5, 0.6) is 5.19 Å². The molecule has 1 aromatic rings. The van der Waals surface area contributed by atoms with Crippen molar-refractivity contribution in [2.75, 3.05) is 13.1 Å². The smallest absolute Gasteiger partial charge is 0.273 e. The monoisotopic (exact) mass is 224 g/mol. The summed E-state index contributed by atoms with van der Waals surface area (Å²) >= 11 is 1.49. The number of thiazole rings is 1. The zero-order valence-electron chi connectivity index (χ0n) is 8.26. The molecule has 1 aliphatic heterocycles. The van der Waals surface area contributed by atoms with E-state index in [1.165, 1.54) is 11.3 Å². The number of hydrogen-bond donors (Lipinski definition) is 0. The third-order valence-electron chi connectivity index (χ3n) is 2.76. The molecule has 0 radical (unpaired) electrons. The van der Waals surface area contributed by atoms with Crippen LogP contribution in [0.15, 0.2) is 11.6 Å². The zero-order chi connectivity index (χ0) is 10.3. The minimum Gasteiger partial charge on any atom is -0.463 e. The molecule has 0 bridgehead atoms. The maximum Gasteiger partial charge on any atom is 0.273 e. The van der Waals surface area contributed by atoms with E-state index in [2.05, 4.69) is 4.98 Å². The van der Waals surface area contributed by atoms with E-state index in [1.807, 2.05) is 10.3 Å². The lowest BCUT2D eigenvalue weighted by Gasteiger charge is -2.38. The second kappa shape index (κ2) is 3.48. The van der Waals surface area contributed by atoms with Gasteiger partial charge in [0.2, 0.25) is 5.91 Å². The first-order chi connectivity index (χ1) is 7.33. The zero-order valence-corrected chi connectivity index (χ0v) is 9.07. The summed E-state index contributed by atoms with van der Waals surface area (Å²) in [5.41, 5.74) is 0. The molecular formula is C10H12N2O2S. The van der Waals surface area contributed by atoms with Gasteiger partial charge in [-0.2, -0.15) is 0 Å². The summed E-state index contributed by atoms with van der Waals surface area (Å²) in [4.78, 5) is 17.5. The molecule has 3 rings (SSSR count). The number of rotatable bonds is 3. The summed E-state index contributed by atoms with van der Waals surface area (Å²) < 4.78 is 5.58. The molecule has 80 valence electrons. The van der Waals surface area contributed by atoms with Crippen molar-refractivity contribution in [2.45, 2.75) is 18.9 Å². The topological polar surface area (TPSA) is 42.4 Å². The van der Waals surface area contributed by atoms with Crippen LogP contribution in [-0.4, -0.2) is 35.0 Å². The molecule has 2 heterocycles. The molecule has 15 heavy (non-hydrogen) atoms. The average Bonchev–Trinajstić information content (AvgIpc) is 2.89. The van der Waals surface area contributed by atoms with E-state index in [0.717, 1.165) is 25.9 Å². The lowest BCUT2D eigenvalue weighted by Crippen LogP contribution is -2.56. The van der Waals surface area contributed by atoms with E-state index < -0.39 is 0 Å². The van der Waals surface area contributed by atoms with Crippen molar-refractivity contribution in [1.82, 2.24) is 9.88 Å². The number of carbonyl (C=O) groups excluding carboxylic acids is 1. The fraction of sp³-hybridized carbons (Fsp3) is 0.600. The first-order valence-corrected chi connectivity index (χ1v) is 6.06. The molecule has 1 aromatic heterocycles. The van der Waals surface area contributed by atoms with Gasteiger partial charge in [0.25, 0.3) is 5.19 Å². The van der Waals surface area contributed by atoms with Gasteiger partial charge in [-0.3, -0.25) is 4.79 Å². The van der Waals surface area contributed by atoms with Crippen LogP contribution in [0.2, 0.25) is 0 Å². The summed E-state index contributed by atoms with van der Waals surface area (Å²) in [6, 6.07) is 0. The SMILES string of the molecule is O=C(C1CC1)N1CC(Oc2nccs2)C1. The van der Waals surface area contributed by atoms with Crippen molar-refractivity contribution in [2.24, 2.45) is 5.92 Å². The van der Waals surface area contributed by atoms with Gasteiger partial charge in [0, 0.05) is 17.5 Å². The van der Waals surface area contributed by atoms with E-state index in [-0.39, 0.29) is 6.10 Å². The quantitative estimate of drug-likeness (QED) is 0.773. The average molecular weight is 224 g/mol. The molecule has 0 aromatic carbocycles. The fourth-order valence-corrected chi connectivity index (χ4v) is 2.24. The van der Waals surface area contributed by atoms with Crippen LogP contribution in [0.3, 0.4) is 0 Å². The molecule has 2 fully saturated rings. The minimum atomic E-state index is 0.152. The van der Waals surface area contributed by atoms with Crippen molar-refractivity contribution in [3.05, 3.63) is 11.6 Å². The van der Waals surface area contributed by atoms with E-state index in [9.17, 15) is 4.79 Å². The van der Waals surface area contributed by atoms with Crippen LogP contribution in [0, 0.1) is 5.92 Å². The second-order valence-electron chi connectivity index (χ2n) is 4.06. The highest BCUT2D eigenvalue weighted by atomic mass is 32.1. The summed E-state index contributed by atoms with van der Waals surface area (Å²) in [5, 5.41) is 2.60. The van der Waals surface area contributed by atoms with Crippen LogP contribution in [0.4, 0.5) is 0 Å². The molecule has 0 N–H and O–H groups in total. The van der Waals surface area contributed by atoms with E-state index in [4.69, 9.17) is 4.74 Å². The number of nitrogens with zero attached hydrogens (tertiary/aromatic N) is 2.